The molecule has 0 bridgehead atoms. The fourth-order valence-electron chi connectivity index (χ4n) is 1.73. The molecule has 0 aliphatic rings. The van der Waals surface area contributed by atoms with Gasteiger partial charge in [0.1, 0.15) is 0 Å². The lowest BCUT2D eigenvalue weighted by Crippen LogP contribution is -2.29. The van der Waals surface area contributed by atoms with Crippen molar-refractivity contribution in [3.05, 3.63) is 35.4 Å². The van der Waals surface area contributed by atoms with E-state index in [2.05, 4.69) is 31.2 Å². The van der Waals surface area contributed by atoms with Crippen molar-refractivity contribution in [2.45, 2.75) is 26.2 Å². The monoisotopic (exact) mass is 234 g/mol. The van der Waals surface area contributed by atoms with Gasteiger partial charge < -0.3 is 10.6 Å². The Bertz CT molecular complexity index is 363. The summed E-state index contributed by atoms with van der Waals surface area (Å²) in [5, 5.41) is 0. The van der Waals surface area contributed by atoms with Crippen LogP contribution in [0.1, 0.15) is 24.0 Å². The Morgan fingerprint density at radius 3 is 2.82 bits per heavy atom. The molecule has 1 aromatic carbocycles. The molecule has 0 aliphatic heterocycles. The Morgan fingerprint density at radius 2 is 2.18 bits per heavy atom. The minimum Gasteiger partial charge on any atom is -0.345 e. The quantitative estimate of drug-likeness (QED) is 0.815. The van der Waals surface area contributed by atoms with Crippen LogP contribution in [0.25, 0.3) is 0 Å². The molecule has 0 radical (unpaired) electrons. The van der Waals surface area contributed by atoms with Crippen LogP contribution in [0.3, 0.4) is 0 Å². The Balaban J connectivity index is 2.37. The first kappa shape index (κ1) is 13.7. The molecule has 0 fully saturated rings. The first-order valence-electron chi connectivity index (χ1n) is 6.13. The third kappa shape index (κ3) is 5.00. The molecule has 1 aromatic rings. The van der Waals surface area contributed by atoms with E-state index in [1.54, 1.807) is 4.90 Å². The number of nitrogens with two attached hydrogens (primary N) is 1. The SMILES string of the molecule is Cc1cccc(CCN(C)C(=O)CCCN)c1. The van der Waals surface area contributed by atoms with Crippen molar-refractivity contribution in [2.75, 3.05) is 20.1 Å². The Morgan fingerprint density at radius 1 is 1.41 bits per heavy atom. The Kier molecular flexibility index (Phi) is 5.70. The van der Waals surface area contributed by atoms with Crippen molar-refractivity contribution in [1.82, 2.24) is 4.90 Å². The zero-order valence-electron chi connectivity index (χ0n) is 10.8. The molecule has 3 nitrogen and oxygen atoms in total. The van der Waals surface area contributed by atoms with E-state index in [1.807, 2.05) is 7.05 Å². The number of carbonyl (C=O) groups is 1. The van der Waals surface area contributed by atoms with Gasteiger partial charge in [0.05, 0.1) is 0 Å². The number of rotatable bonds is 6. The van der Waals surface area contributed by atoms with E-state index in [9.17, 15) is 4.79 Å². The van der Waals surface area contributed by atoms with Gasteiger partial charge in [0, 0.05) is 20.0 Å². The maximum Gasteiger partial charge on any atom is 0.222 e. The van der Waals surface area contributed by atoms with Crippen LogP contribution in [0.4, 0.5) is 0 Å². The largest absolute Gasteiger partial charge is 0.345 e. The third-order valence-electron chi connectivity index (χ3n) is 2.84. The Labute approximate surface area is 104 Å². The highest BCUT2D eigenvalue weighted by Crippen LogP contribution is 2.05. The minimum absolute atomic E-state index is 0.183. The Hall–Kier alpha value is -1.35. The topological polar surface area (TPSA) is 46.3 Å². The number of likely N-dealkylation sites (N-methyl/N-ethyl adjacent to an activating group) is 1. The van der Waals surface area contributed by atoms with E-state index >= 15 is 0 Å². The van der Waals surface area contributed by atoms with E-state index in [4.69, 9.17) is 5.73 Å². The second-order valence-corrected chi connectivity index (χ2v) is 4.45. The zero-order valence-corrected chi connectivity index (χ0v) is 10.8. The normalized spacial score (nSPS) is 10.3. The number of nitrogens with zero attached hydrogens (tertiary/aromatic N) is 1. The van der Waals surface area contributed by atoms with Gasteiger partial charge in [-0.1, -0.05) is 29.8 Å². The van der Waals surface area contributed by atoms with Crippen molar-refractivity contribution < 1.29 is 4.79 Å². The molecule has 0 spiro atoms. The van der Waals surface area contributed by atoms with Gasteiger partial charge in [0.2, 0.25) is 5.91 Å². The molecule has 0 atom stereocenters. The fourth-order valence-corrected chi connectivity index (χ4v) is 1.73. The molecule has 17 heavy (non-hydrogen) atoms. The summed E-state index contributed by atoms with van der Waals surface area (Å²) < 4.78 is 0. The maximum absolute atomic E-state index is 11.7. The number of carbonyl (C=O) groups excluding carboxylic acids is 1. The molecule has 0 aliphatic carbocycles. The smallest absolute Gasteiger partial charge is 0.222 e. The predicted octanol–water partition coefficient (Wildman–Crippen LogP) is 1.73. The molecular formula is C14H22N2O. The van der Waals surface area contributed by atoms with E-state index in [0.717, 1.165) is 19.4 Å². The number of amides is 1. The van der Waals surface area contributed by atoms with Gasteiger partial charge in [-0.05, 0) is 31.9 Å². The van der Waals surface area contributed by atoms with Crippen LogP contribution in [-0.4, -0.2) is 30.9 Å². The van der Waals surface area contributed by atoms with Crippen LogP contribution >= 0.6 is 0 Å². The predicted molar refractivity (Wildman–Crippen MR) is 70.8 cm³/mol. The lowest BCUT2D eigenvalue weighted by molar-refractivity contribution is -0.129. The summed E-state index contributed by atoms with van der Waals surface area (Å²) in [6.45, 7) is 3.43. The zero-order chi connectivity index (χ0) is 12.7. The van der Waals surface area contributed by atoms with E-state index in [-0.39, 0.29) is 5.91 Å². The van der Waals surface area contributed by atoms with Gasteiger partial charge in [0.15, 0.2) is 0 Å². The molecule has 2 N–H and O–H groups in total. The average molecular weight is 234 g/mol. The molecule has 3 heteroatoms. The lowest BCUT2D eigenvalue weighted by Gasteiger charge is -2.17. The molecular weight excluding hydrogens is 212 g/mol. The lowest BCUT2D eigenvalue weighted by atomic mass is 10.1. The molecule has 94 valence electrons. The summed E-state index contributed by atoms with van der Waals surface area (Å²) in [5.74, 6) is 0.183. The summed E-state index contributed by atoms with van der Waals surface area (Å²) in [5.41, 5.74) is 7.93. The molecule has 0 unspecified atom stereocenters. The van der Waals surface area contributed by atoms with Gasteiger partial charge in [-0.25, -0.2) is 0 Å². The van der Waals surface area contributed by atoms with Crippen molar-refractivity contribution >= 4 is 5.91 Å². The summed E-state index contributed by atoms with van der Waals surface area (Å²) in [7, 11) is 1.86. The van der Waals surface area contributed by atoms with Gasteiger partial charge in [0.25, 0.3) is 0 Å². The van der Waals surface area contributed by atoms with Crippen LogP contribution < -0.4 is 5.73 Å². The molecule has 0 heterocycles. The molecule has 1 amide bonds. The fraction of sp³-hybridized carbons (Fsp3) is 0.500. The highest BCUT2D eigenvalue weighted by atomic mass is 16.2. The molecule has 0 saturated heterocycles. The highest BCUT2D eigenvalue weighted by molar-refractivity contribution is 5.75. The van der Waals surface area contributed by atoms with E-state index in [1.165, 1.54) is 11.1 Å². The number of benzene rings is 1. The number of hydrogen-bond acceptors (Lipinski definition) is 2. The summed E-state index contributed by atoms with van der Waals surface area (Å²) in [6, 6.07) is 8.41. The maximum atomic E-state index is 11.7. The van der Waals surface area contributed by atoms with Crippen LogP contribution in [0.15, 0.2) is 24.3 Å². The second-order valence-electron chi connectivity index (χ2n) is 4.45. The van der Waals surface area contributed by atoms with Crippen molar-refractivity contribution in [3.63, 3.8) is 0 Å². The summed E-state index contributed by atoms with van der Waals surface area (Å²) in [4.78, 5) is 13.5. The van der Waals surface area contributed by atoms with Crippen LogP contribution in [0.5, 0.6) is 0 Å². The van der Waals surface area contributed by atoms with Crippen LogP contribution in [-0.2, 0) is 11.2 Å². The first-order valence-corrected chi connectivity index (χ1v) is 6.13. The summed E-state index contributed by atoms with van der Waals surface area (Å²) in [6.07, 6.45) is 2.24. The number of hydrogen-bond donors (Lipinski definition) is 1. The first-order chi connectivity index (χ1) is 8.13. The molecule has 0 aromatic heterocycles. The molecule has 1 rings (SSSR count). The highest BCUT2D eigenvalue weighted by Gasteiger charge is 2.07. The van der Waals surface area contributed by atoms with Gasteiger partial charge in [-0.15, -0.1) is 0 Å². The standard InChI is InChI=1S/C14H22N2O/c1-12-5-3-6-13(11-12)8-10-16(2)14(17)7-4-9-15/h3,5-6,11H,4,7-10,15H2,1-2H3. The van der Waals surface area contributed by atoms with Gasteiger partial charge in [-0.2, -0.15) is 0 Å². The van der Waals surface area contributed by atoms with E-state index in [0.29, 0.717) is 13.0 Å². The average Bonchev–Trinajstić information content (AvgIpc) is 2.33. The van der Waals surface area contributed by atoms with E-state index < -0.39 is 0 Å². The number of aryl methyl sites for hydroxylation is 1. The van der Waals surface area contributed by atoms with Crippen molar-refractivity contribution in [2.24, 2.45) is 5.73 Å². The third-order valence-corrected chi connectivity index (χ3v) is 2.84. The second kappa shape index (κ2) is 7.07. The van der Waals surface area contributed by atoms with Crippen LogP contribution in [0, 0.1) is 6.92 Å². The minimum atomic E-state index is 0.183. The van der Waals surface area contributed by atoms with Gasteiger partial charge in [-0.3, -0.25) is 4.79 Å². The summed E-state index contributed by atoms with van der Waals surface area (Å²) >= 11 is 0. The van der Waals surface area contributed by atoms with Crippen molar-refractivity contribution in [1.29, 1.82) is 0 Å². The van der Waals surface area contributed by atoms with Crippen molar-refractivity contribution in [3.8, 4) is 0 Å². The van der Waals surface area contributed by atoms with Crippen LogP contribution in [0.2, 0.25) is 0 Å². The van der Waals surface area contributed by atoms with Gasteiger partial charge >= 0.3 is 0 Å². The molecule has 0 saturated carbocycles.